The fraction of sp³-hybridized carbons (Fsp3) is 0.292. The summed E-state index contributed by atoms with van der Waals surface area (Å²) in [5, 5.41) is 0. The van der Waals surface area contributed by atoms with Gasteiger partial charge in [-0.1, -0.05) is 17.9 Å². The molecule has 0 bridgehead atoms. The van der Waals surface area contributed by atoms with Gasteiger partial charge in [-0.25, -0.2) is 9.97 Å². The Morgan fingerprint density at radius 3 is 2.69 bits per heavy atom. The molecule has 0 N–H and O–H groups in total. The van der Waals surface area contributed by atoms with Gasteiger partial charge in [-0.2, -0.15) is 0 Å². The minimum absolute atomic E-state index is 0.0838. The average Bonchev–Trinajstić information content (AvgIpc) is 3.56. The lowest BCUT2D eigenvalue weighted by Crippen LogP contribution is -2.23. The third-order valence-electron chi connectivity index (χ3n) is 5.04. The van der Waals surface area contributed by atoms with E-state index in [2.05, 4.69) is 40.9 Å². The number of benzene rings is 1. The lowest BCUT2D eigenvalue weighted by atomic mass is 9.99. The molecule has 0 spiro atoms. The van der Waals surface area contributed by atoms with Crippen LogP contribution in [-0.2, 0) is 6.61 Å². The van der Waals surface area contributed by atoms with Crippen molar-refractivity contribution >= 4 is 0 Å². The van der Waals surface area contributed by atoms with Crippen LogP contribution in [0.15, 0.2) is 59.8 Å². The number of aryl methyl sites for hydroxylation is 1. The van der Waals surface area contributed by atoms with Crippen LogP contribution in [0.1, 0.15) is 48.3 Å². The van der Waals surface area contributed by atoms with E-state index in [1.165, 1.54) is 18.9 Å². The lowest BCUT2D eigenvalue weighted by molar-refractivity contribution is 0.294. The maximum Gasteiger partial charge on any atom is 0.254 e. The van der Waals surface area contributed by atoms with Crippen molar-refractivity contribution in [2.75, 3.05) is 0 Å². The number of hydrogen-bond acceptors (Lipinski definition) is 4. The number of aromatic nitrogens is 3. The normalized spacial score (nSPS) is 14.0. The zero-order chi connectivity index (χ0) is 20.2. The Morgan fingerprint density at radius 1 is 1.21 bits per heavy atom. The Hall–Kier alpha value is -3.39. The molecule has 1 atom stereocenters. The van der Waals surface area contributed by atoms with Crippen LogP contribution in [0, 0.1) is 24.7 Å². The second-order valence-corrected chi connectivity index (χ2v) is 7.35. The molecule has 0 amide bonds. The molecule has 146 valence electrons. The van der Waals surface area contributed by atoms with Crippen LogP contribution in [0.2, 0.25) is 0 Å². The highest BCUT2D eigenvalue weighted by Crippen LogP contribution is 2.28. The molecule has 4 rings (SSSR count). The highest BCUT2D eigenvalue weighted by Gasteiger charge is 2.18. The van der Waals surface area contributed by atoms with Crippen molar-refractivity contribution < 1.29 is 4.74 Å². The monoisotopic (exact) mass is 385 g/mol. The van der Waals surface area contributed by atoms with Crippen LogP contribution in [0.5, 0.6) is 5.75 Å². The van der Waals surface area contributed by atoms with Crippen molar-refractivity contribution in [1.82, 2.24) is 14.5 Å². The van der Waals surface area contributed by atoms with Gasteiger partial charge < -0.3 is 9.30 Å². The first-order chi connectivity index (χ1) is 14.1. The number of pyridine rings is 1. The van der Waals surface area contributed by atoms with Crippen LogP contribution in [0.4, 0.5) is 0 Å². The average molecular weight is 385 g/mol. The van der Waals surface area contributed by atoms with Gasteiger partial charge in [-0.3, -0.25) is 4.79 Å². The first-order valence-electron chi connectivity index (χ1n) is 9.83. The van der Waals surface area contributed by atoms with E-state index in [-0.39, 0.29) is 18.2 Å². The van der Waals surface area contributed by atoms with E-state index in [0.717, 1.165) is 16.7 Å². The van der Waals surface area contributed by atoms with E-state index in [4.69, 9.17) is 4.74 Å². The van der Waals surface area contributed by atoms with Gasteiger partial charge in [0.1, 0.15) is 12.4 Å². The first kappa shape index (κ1) is 18.9. The van der Waals surface area contributed by atoms with E-state index in [1.54, 1.807) is 35.3 Å². The van der Waals surface area contributed by atoms with Gasteiger partial charge in [0.15, 0.2) is 5.82 Å². The summed E-state index contributed by atoms with van der Waals surface area (Å²) in [6.07, 6.45) is 7.55. The molecule has 29 heavy (non-hydrogen) atoms. The molecule has 2 aromatic heterocycles. The first-order valence-corrected chi connectivity index (χ1v) is 9.83. The summed E-state index contributed by atoms with van der Waals surface area (Å²) < 4.78 is 7.36. The zero-order valence-electron chi connectivity index (χ0n) is 16.6. The van der Waals surface area contributed by atoms with E-state index in [1.807, 2.05) is 13.0 Å². The molecule has 0 unspecified atom stereocenters. The Morgan fingerprint density at radius 2 is 2.00 bits per heavy atom. The topological polar surface area (TPSA) is 57.0 Å². The van der Waals surface area contributed by atoms with Gasteiger partial charge in [0.25, 0.3) is 5.56 Å². The van der Waals surface area contributed by atoms with Crippen molar-refractivity contribution in [3.8, 4) is 17.6 Å². The van der Waals surface area contributed by atoms with Crippen LogP contribution < -0.4 is 10.3 Å². The van der Waals surface area contributed by atoms with E-state index < -0.39 is 0 Å². The predicted molar refractivity (Wildman–Crippen MR) is 112 cm³/mol. The second kappa shape index (κ2) is 8.32. The molecule has 2 heterocycles. The highest BCUT2D eigenvalue weighted by molar-refractivity contribution is 5.42. The molecule has 1 fully saturated rings. The van der Waals surface area contributed by atoms with Crippen molar-refractivity contribution in [2.24, 2.45) is 5.92 Å². The van der Waals surface area contributed by atoms with Crippen LogP contribution in [-0.4, -0.2) is 14.5 Å². The van der Waals surface area contributed by atoms with Crippen LogP contribution in [0.3, 0.4) is 0 Å². The number of ether oxygens (including phenoxy) is 1. The Balaban J connectivity index is 1.49. The number of nitrogens with zero attached hydrogens (tertiary/aromatic N) is 3. The van der Waals surface area contributed by atoms with Gasteiger partial charge in [0, 0.05) is 36.1 Å². The molecule has 1 saturated carbocycles. The smallest absolute Gasteiger partial charge is 0.254 e. The van der Waals surface area contributed by atoms with Gasteiger partial charge in [0.05, 0.1) is 6.04 Å². The Labute approximate surface area is 170 Å². The Kier molecular flexibility index (Phi) is 5.44. The molecular formula is C24H23N3O2. The third kappa shape index (κ3) is 4.72. The summed E-state index contributed by atoms with van der Waals surface area (Å²) in [5.74, 6) is 8.21. The molecule has 0 aliphatic heterocycles. The third-order valence-corrected chi connectivity index (χ3v) is 5.04. The van der Waals surface area contributed by atoms with Crippen molar-refractivity contribution in [2.45, 2.75) is 39.3 Å². The van der Waals surface area contributed by atoms with Gasteiger partial charge in [-0.05, 0) is 62.1 Å². The van der Waals surface area contributed by atoms with Crippen molar-refractivity contribution in [3.63, 3.8) is 0 Å². The van der Waals surface area contributed by atoms with E-state index in [0.29, 0.717) is 17.5 Å². The summed E-state index contributed by atoms with van der Waals surface area (Å²) in [6.45, 7) is 4.32. The molecular weight excluding hydrogens is 362 g/mol. The van der Waals surface area contributed by atoms with Crippen molar-refractivity contribution in [3.05, 3.63) is 87.9 Å². The summed E-state index contributed by atoms with van der Waals surface area (Å²) in [5.41, 5.74) is 3.16. The molecule has 5 nitrogen and oxygen atoms in total. The summed E-state index contributed by atoms with van der Waals surface area (Å²) in [6, 6.07) is 11.2. The standard InChI is InChI=1S/C24H23N3O2/c1-17-14-20(7-6-19-4-5-19)8-9-22(17)18(2)27-13-10-21(15-24(27)28)29-16-23-25-11-3-12-26-23/h3,8-15,18-19H,4-5,16H2,1-2H3/t18-/m1/s1. The fourth-order valence-electron chi connectivity index (χ4n) is 3.22. The van der Waals surface area contributed by atoms with Crippen LogP contribution >= 0.6 is 0 Å². The van der Waals surface area contributed by atoms with Gasteiger partial charge in [0.2, 0.25) is 0 Å². The maximum atomic E-state index is 12.7. The lowest BCUT2D eigenvalue weighted by Gasteiger charge is -2.18. The van der Waals surface area contributed by atoms with Gasteiger partial charge in [-0.15, -0.1) is 0 Å². The molecule has 0 radical (unpaired) electrons. The van der Waals surface area contributed by atoms with Gasteiger partial charge >= 0.3 is 0 Å². The zero-order valence-corrected chi connectivity index (χ0v) is 16.6. The molecule has 0 saturated heterocycles. The summed E-state index contributed by atoms with van der Waals surface area (Å²) in [7, 11) is 0. The fourth-order valence-corrected chi connectivity index (χ4v) is 3.22. The molecule has 5 heteroatoms. The van der Waals surface area contributed by atoms with E-state index >= 15 is 0 Å². The molecule has 1 aliphatic rings. The van der Waals surface area contributed by atoms with Crippen molar-refractivity contribution in [1.29, 1.82) is 0 Å². The molecule has 1 aliphatic carbocycles. The minimum atomic E-state index is -0.110. The Bertz CT molecular complexity index is 1120. The predicted octanol–water partition coefficient (Wildman–Crippen LogP) is 3.90. The number of rotatable bonds is 5. The minimum Gasteiger partial charge on any atom is -0.485 e. The quantitative estimate of drug-likeness (QED) is 0.625. The summed E-state index contributed by atoms with van der Waals surface area (Å²) >= 11 is 0. The summed E-state index contributed by atoms with van der Waals surface area (Å²) in [4.78, 5) is 20.9. The molecule has 3 aromatic rings. The number of hydrogen-bond donors (Lipinski definition) is 0. The SMILES string of the molecule is Cc1cc(C#CC2CC2)ccc1[C@@H](C)n1ccc(OCc2ncccn2)cc1=O. The molecule has 1 aromatic carbocycles. The van der Waals surface area contributed by atoms with E-state index in [9.17, 15) is 4.79 Å². The largest absolute Gasteiger partial charge is 0.485 e. The highest BCUT2D eigenvalue weighted by atomic mass is 16.5. The maximum absolute atomic E-state index is 12.7. The second-order valence-electron chi connectivity index (χ2n) is 7.35. The van der Waals surface area contributed by atoms with Crippen LogP contribution in [0.25, 0.3) is 0 Å².